The zero-order valence-corrected chi connectivity index (χ0v) is 56.0. The summed E-state index contributed by atoms with van der Waals surface area (Å²) in [5, 5.41) is 0. The van der Waals surface area contributed by atoms with Gasteiger partial charge in [-0.1, -0.05) is 352 Å². The zero-order valence-electron chi connectivity index (χ0n) is 56.0. The van der Waals surface area contributed by atoms with E-state index in [0.717, 1.165) is 70.6 Å². The van der Waals surface area contributed by atoms with Crippen molar-refractivity contribution in [2.75, 3.05) is 13.2 Å². The highest BCUT2D eigenvalue weighted by atomic mass is 16.6. The molecule has 1 unspecified atom stereocenters. The lowest BCUT2D eigenvalue weighted by Crippen LogP contribution is -2.30. The Hall–Kier alpha value is -2.63. The Bertz CT molecular complexity index is 1430. The third kappa shape index (κ3) is 70.0. The predicted octanol–water partition coefficient (Wildman–Crippen LogP) is 25.7. The fraction of sp³-hybridized carbons (Fsp3) is 0.857. The maximum absolute atomic E-state index is 12.9. The molecule has 0 aromatic heterocycles. The molecular formula is C77H142O6. The van der Waals surface area contributed by atoms with Gasteiger partial charge in [0.25, 0.3) is 0 Å². The van der Waals surface area contributed by atoms with Crippen molar-refractivity contribution >= 4 is 17.9 Å². The average Bonchev–Trinajstić information content (AvgIpc) is 3.49. The van der Waals surface area contributed by atoms with Crippen molar-refractivity contribution in [2.45, 2.75) is 412 Å². The van der Waals surface area contributed by atoms with Gasteiger partial charge in [-0.3, -0.25) is 14.4 Å². The Morgan fingerprint density at radius 1 is 0.241 bits per heavy atom. The second kappa shape index (κ2) is 71.8. The highest BCUT2D eigenvalue weighted by molar-refractivity contribution is 5.71. The maximum Gasteiger partial charge on any atom is 0.306 e. The molecule has 0 aromatic rings. The molecule has 0 rings (SSSR count). The molecule has 0 fully saturated rings. The smallest absolute Gasteiger partial charge is 0.306 e. The van der Waals surface area contributed by atoms with Crippen molar-refractivity contribution in [3.05, 3.63) is 48.6 Å². The van der Waals surface area contributed by atoms with Crippen LogP contribution in [0, 0.1) is 0 Å². The molecule has 486 valence electrons. The number of allylic oxidation sites excluding steroid dienone is 8. The summed E-state index contributed by atoms with van der Waals surface area (Å²) in [5.41, 5.74) is 0. The van der Waals surface area contributed by atoms with E-state index in [0.29, 0.717) is 19.3 Å². The largest absolute Gasteiger partial charge is 0.462 e. The Labute approximate surface area is 518 Å². The van der Waals surface area contributed by atoms with Gasteiger partial charge in [-0.25, -0.2) is 0 Å². The van der Waals surface area contributed by atoms with E-state index in [-0.39, 0.29) is 31.1 Å². The summed E-state index contributed by atoms with van der Waals surface area (Å²) in [4.78, 5) is 38.2. The molecule has 0 spiro atoms. The molecule has 0 radical (unpaired) electrons. The van der Waals surface area contributed by atoms with E-state index in [1.54, 1.807) is 0 Å². The van der Waals surface area contributed by atoms with Crippen molar-refractivity contribution in [1.82, 2.24) is 0 Å². The molecule has 1 atom stereocenters. The van der Waals surface area contributed by atoms with Gasteiger partial charge in [-0.15, -0.1) is 0 Å². The van der Waals surface area contributed by atoms with Gasteiger partial charge in [0.15, 0.2) is 6.10 Å². The van der Waals surface area contributed by atoms with Gasteiger partial charge in [-0.2, -0.15) is 0 Å². The molecule has 83 heavy (non-hydrogen) atoms. The number of unbranched alkanes of at least 4 members (excludes halogenated alkanes) is 50. The van der Waals surface area contributed by atoms with Crippen LogP contribution in [0.4, 0.5) is 0 Å². The quantitative estimate of drug-likeness (QED) is 0.0261. The van der Waals surface area contributed by atoms with E-state index in [2.05, 4.69) is 69.4 Å². The first kappa shape index (κ1) is 80.4. The third-order valence-corrected chi connectivity index (χ3v) is 16.8. The van der Waals surface area contributed by atoms with E-state index in [4.69, 9.17) is 14.2 Å². The summed E-state index contributed by atoms with van der Waals surface area (Å²) >= 11 is 0. The number of carbonyl (C=O) groups excluding carboxylic acids is 3. The number of esters is 3. The van der Waals surface area contributed by atoms with Crippen LogP contribution in [-0.4, -0.2) is 37.2 Å². The van der Waals surface area contributed by atoms with Crippen LogP contribution >= 0.6 is 0 Å². The van der Waals surface area contributed by atoms with Crippen LogP contribution in [0.25, 0.3) is 0 Å². The lowest BCUT2D eigenvalue weighted by atomic mass is 10.0. The Morgan fingerprint density at radius 2 is 0.434 bits per heavy atom. The van der Waals surface area contributed by atoms with Gasteiger partial charge in [0, 0.05) is 19.3 Å². The van der Waals surface area contributed by atoms with E-state index >= 15 is 0 Å². The second-order valence-electron chi connectivity index (χ2n) is 25.2. The molecule has 6 nitrogen and oxygen atoms in total. The predicted molar refractivity (Wildman–Crippen MR) is 362 cm³/mol. The normalized spacial score (nSPS) is 12.3. The number of hydrogen-bond acceptors (Lipinski definition) is 6. The number of hydrogen-bond donors (Lipinski definition) is 0. The van der Waals surface area contributed by atoms with Gasteiger partial charge in [0.2, 0.25) is 0 Å². The fourth-order valence-corrected chi connectivity index (χ4v) is 11.2. The van der Waals surface area contributed by atoms with Gasteiger partial charge < -0.3 is 14.2 Å². The first-order valence-corrected chi connectivity index (χ1v) is 37.1. The SMILES string of the molecule is CCCCCCC/C=C\C/C=C\CCCCCCCCCCCCCCCCCCCC(=O)OCC(COC(=O)CCCCCCCCC)OC(=O)CCCCCCCCCCCCCCCCCCC/C=C\C/C=C\CCCCCCC. The molecule has 0 amide bonds. The van der Waals surface area contributed by atoms with E-state index < -0.39 is 6.10 Å². The summed E-state index contributed by atoms with van der Waals surface area (Å²) in [7, 11) is 0. The minimum absolute atomic E-state index is 0.0673. The average molecular weight is 1160 g/mol. The first-order chi connectivity index (χ1) is 41.0. The summed E-state index contributed by atoms with van der Waals surface area (Å²) in [6.45, 7) is 6.64. The highest BCUT2D eigenvalue weighted by Gasteiger charge is 2.19. The molecule has 0 heterocycles. The molecule has 6 heteroatoms. The second-order valence-corrected chi connectivity index (χ2v) is 25.2. The van der Waals surface area contributed by atoms with Crippen molar-refractivity contribution < 1.29 is 28.6 Å². The van der Waals surface area contributed by atoms with Crippen LogP contribution in [0.15, 0.2) is 48.6 Å². The van der Waals surface area contributed by atoms with Crippen molar-refractivity contribution in [3.8, 4) is 0 Å². The fourth-order valence-electron chi connectivity index (χ4n) is 11.2. The lowest BCUT2D eigenvalue weighted by molar-refractivity contribution is -0.167. The lowest BCUT2D eigenvalue weighted by Gasteiger charge is -2.18. The molecule has 0 aliphatic rings. The van der Waals surface area contributed by atoms with Gasteiger partial charge in [-0.05, 0) is 83.5 Å². The molecule has 0 saturated heterocycles. The summed E-state index contributed by atoms with van der Waals surface area (Å²) in [6, 6.07) is 0. The Balaban J connectivity index is 4.00. The van der Waals surface area contributed by atoms with Crippen LogP contribution in [-0.2, 0) is 28.6 Å². The molecule has 0 saturated carbocycles. The Morgan fingerprint density at radius 3 is 0.663 bits per heavy atom. The van der Waals surface area contributed by atoms with Crippen LogP contribution in [0.5, 0.6) is 0 Å². The number of rotatable bonds is 69. The van der Waals surface area contributed by atoms with Crippen LogP contribution in [0.1, 0.15) is 406 Å². The van der Waals surface area contributed by atoms with Gasteiger partial charge >= 0.3 is 17.9 Å². The standard InChI is InChI=1S/C77H142O6/c1-4-7-10-13-16-18-20-22-24-26-28-30-32-34-36-38-40-42-44-46-48-50-52-54-56-58-61-64-67-70-76(79)82-73-74(72-81-75(78)69-66-63-60-15-12-9-6-3)83-77(80)71-68-65-62-59-57-55-53-51-49-47-45-43-41-39-37-35-33-31-29-27-25-23-21-19-17-14-11-8-5-2/h20-23,26-29,74H,4-19,24-25,30-73H2,1-3H3/b22-20-,23-21-,28-26-,29-27-. The van der Waals surface area contributed by atoms with E-state index in [1.165, 1.54) is 295 Å². The number of ether oxygens (including phenoxy) is 3. The molecule has 0 aliphatic carbocycles. The monoisotopic (exact) mass is 1160 g/mol. The van der Waals surface area contributed by atoms with Crippen LogP contribution < -0.4 is 0 Å². The molecule has 0 N–H and O–H groups in total. The molecule has 0 aromatic carbocycles. The summed E-state index contributed by atoms with van der Waals surface area (Å²) in [6.07, 6.45) is 91.9. The van der Waals surface area contributed by atoms with Crippen molar-refractivity contribution in [3.63, 3.8) is 0 Å². The van der Waals surface area contributed by atoms with Crippen LogP contribution in [0.2, 0.25) is 0 Å². The summed E-state index contributed by atoms with van der Waals surface area (Å²) < 4.78 is 16.9. The highest BCUT2D eigenvalue weighted by Crippen LogP contribution is 2.19. The zero-order chi connectivity index (χ0) is 59.9. The third-order valence-electron chi connectivity index (χ3n) is 16.8. The van der Waals surface area contributed by atoms with Crippen molar-refractivity contribution in [1.29, 1.82) is 0 Å². The first-order valence-electron chi connectivity index (χ1n) is 37.1. The molecular weight excluding hydrogens is 1020 g/mol. The van der Waals surface area contributed by atoms with Gasteiger partial charge in [0.05, 0.1) is 0 Å². The van der Waals surface area contributed by atoms with Gasteiger partial charge in [0.1, 0.15) is 13.2 Å². The maximum atomic E-state index is 12.9. The van der Waals surface area contributed by atoms with E-state index in [9.17, 15) is 14.4 Å². The summed E-state index contributed by atoms with van der Waals surface area (Å²) in [5.74, 6) is -0.847. The van der Waals surface area contributed by atoms with Crippen molar-refractivity contribution in [2.24, 2.45) is 0 Å². The van der Waals surface area contributed by atoms with Crippen LogP contribution in [0.3, 0.4) is 0 Å². The molecule has 0 aliphatic heterocycles. The minimum Gasteiger partial charge on any atom is -0.462 e. The molecule has 0 bridgehead atoms. The van der Waals surface area contributed by atoms with E-state index in [1.807, 2.05) is 0 Å². The number of carbonyl (C=O) groups is 3. The Kier molecular flexibility index (Phi) is 69.6. The topological polar surface area (TPSA) is 78.9 Å². The minimum atomic E-state index is -0.769.